The number of aromatic amines is 1. The molecular weight excluding hydrogens is 316 g/mol. The predicted octanol–water partition coefficient (Wildman–Crippen LogP) is 3.29. The summed E-state index contributed by atoms with van der Waals surface area (Å²) in [4.78, 5) is 29.1. The standard InChI is InChI=1S/C16H20N2O4S/c1-9(14(20)22-16(2,3)4)18(5)13(19)10-6-7-11-12(8-10)21-15(23)17-11/h6-9H,1-5H3,(H,17,23)/t9-/m1/s1. The van der Waals surface area contributed by atoms with E-state index in [4.69, 9.17) is 21.4 Å². The van der Waals surface area contributed by atoms with E-state index < -0.39 is 17.6 Å². The number of H-pyrrole nitrogens is 1. The minimum atomic E-state index is -0.699. The van der Waals surface area contributed by atoms with Crippen molar-refractivity contribution in [1.82, 2.24) is 9.88 Å². The highest BCUT2D eigenvalue weighted by atomic mass is 32.1. The van der Waals surface area contributed by atoms with E-state index in [0.717, 1.165) is 5.52 Å². The Bertz CT molecular complexity index is 800. The van der Waals surface area contributed by atoms with Crippen LogP contribution in [0.4, 0.5) is 0 Å². The number of hydrogen-bond donors (Lipinski definition) is 1. The van der Waals surface area contributed by atoms with Gasteiger partial charge in [-0.3, -0.25) is 4.79 Å². The Morgan fingerprint density at radius 1 is 1.35 bits per heavy atom. The summed E-state index contributed by atoms with van der Waals surface area (Å²) < 4.78 is 10.6. The third-order valence-corrected chi connectivity index (χ3v) is 3.50. The molecule has 23 heavy (non-hydrogen) atoms. The Hall–Kier alpha value is -2.15. The molecule has 0 spiro atoms. The Morgan fingerprint density at radius 2 is 2.00 bits per heavy atom. The molecule has 0 aliphatic heterocycles. The van der Waals surface area contributed by atoms with Gasteiger partial charge in [-0.15, -0.1) is 0 Å². The number of aromatic nitrogens is 1. The molecule has 6 nitrogen and oxygen atoms in total. The number of amides is 1. The van der Waals surface area contributed by atoms with Gasteiger partial charge in [0.25, 0.3) is 10.7 Å². The van der Waals surface area contributed by atoms with Gasteiger partial charge in [0.1, 0.15) is 11.6 Å². The lowest BCUT2D eigenvalue weighted by molar-refractivity contribution is -0.159. The van der Waals surface area contributed by atoms with Gasteiger partial charge in [-0.1, -0.05) is 0 Å². The summed E-state index contributed by atoms with van der Waals surface area (Å²) in [6.07, 6.45) is 0. The number of benzene rings is 1. The quantitative estimate of drug-likeness (QED) is 0.687. The van der Waals surface area contributed by atoms with Crippen LogP contribution in [0.25, 0.3) is 11.1 Å². The maximum atomic E-state index is 12.5. The summed E-state index contributed by atoms with van der Waals surface area (Å²) in [6, 6.07) is 4.27. The number of hydrogen-bond acceptors (Lipinski definition) is 5. The van der Waals surface area contributed by atoms with Crippen LogP contribution >= 0.6 is 12.2 Å². The van der Waals surface area contributed by atoms with Crippen molar-refractivity contribution in [3.8, 4) is 0 Å². The largest absolute Gasteiger partial charge is 0.458 e. The van der Waals surface area contributed by atoms with E-state index in [1.165, 1.54) is 4.90 Å². The van der Waals surface area contributed by atoms with Crippen molar-refractivity contribution in [2.45, 2.75) is 39.3 Å². The van der Waals surface area contributed by atoms with Crippen molar-refractivity contribution in [2.24, 2.45) is 0 Å². The molecule has 2 rings (SSSR count). The van der Waals surface area contributed by atoms with Gasteiger partial charge < -0.3 is 19.0 Å². The van der Waals surface area contributed by atoms with E-state index >= 15 is 0 Å². The van der Waals surface area contributed by atoms with Crippen LogP contribution in [0.15, 0.2) is 22.6 Å². The number of oxazole rings is 1. The Labute approximate surface area is 139 Å². The zero-order valence-electron chi connectivity index (χ0n) is 13.8. The maximum Gasteiger partial charge on any atom is 0.329 e. The second-order valence-electron chi connectivity index (χ2n) is 6.35. The van der Waals surface area contributed by atoms with Crippen molar-refractivity contribution in [3.63, 3.8) is 0 Å². The van der Waals surface area contributed by atoms with Crippen LogP contribution in [0.3, 0.4) is 0 Å². The summed E-state index contributed by atoms with van der Waals surface area (Å²) in [5.74, 6) is -0.749. The molecule has 0 radical (unpaired) electrons. The van der Waals surface area contributed by atoms with E-state index in [9.17, 15) is 9.59 Å². The van der Waals surface area contributed by atoms with Gasteiger partial charge in [0.2, 0.25) is 0 Å². The van der Waals surface area contributed by atoms with Crippen LogP contribution < -0.4 is 0 Å². The number of nitrogens with zero attached hydrogens (tertiary/aromatic N) is 1. The summed E-state index contributed by atoms with van der Waals surface area (Å²) in [6.45, 7) is 6.99. The Morgan fingerprint density at radius 3 is 2.61 bits per heavy atom. The first kappa shape index (κ1) is 17.2. The smallest absolute Gasteiger partial charge is 0.329 e. The van der Waals surface area contributed by atoms with Crippen molar-refractivity contribution < 1.29 is 18.7 Å². The zero-order chi connectivity index (χ0) is 17.4. The highest BCUT2D eigenvalue weighted by Crippen LogP contribution is 2.18. The fourth-order valence-corrected chi connectivity index (χ4v) is 2.20. The fourth-order valence-electron chi connectivity index (χ4n) is 2.00. The summed E-state index contributed by atoms with van der Waals surface area (Å²) in [5.41, 5.74) is 1.03. The Balaban J connectivity index is 2.20. The third-order valence-electron chi connectivity index (χ3n) is 3.32. The van der Waals surface area contributed by atoms with Crippen LogP contribution in [-0.4, -0.2) is 40.5 Å². The molecule has 0 unspecified atom stereocenters. The van der Waals surface area contributed by atoms with Gasteiger partial charge in [-0.2, -0.15) is 0 Å². The molecule has 1 aromatic heterocycles. The number of ether oxygens (including phenoxy) is 1. The van der Waals surface area contributed by atoms with E-state index in [2.05, 4.69) is 4.98 Å². The normalized spacial score (nSPS) is 12.9. The fraction of sp³-hybridized carbons (Fsp3) is 0.438. The maximum absolute atomic E-state index is 12.5. The highest BCUT2D eigenvalue weighted by Gasteiger charge is 2.28. The van der Waals surface area contributed by atoms with Gasteiger partial charge >= 0.3 is 5.97 Å². The molecule has 7 heteroatoms. The number of esters is 1. The van der Waals surface area contributed by atoms with Crippen molar-refractivity contribution in [1.29, 1.82) is 0 Å². The molecule has 1 aromatic carbocycles. The first-order chi connectivity index (χ1) is 10.6. The SMILES string of the molecule is C[C@H](C(=O)OC(C)(C)C)N(C)C(=O)c1ccc2[nH]c(=S)oc2c1. The van der Waals surface area contributed by atoms with E-state index in [0.29, 0.717) is 11.1 Å². The molecule has 0 aliphatic carbocycles. The predicted molar refractivity (Wildman–Crippen MR) is 88.8 cm³/mol. The van der Waals surface area contributed by atoms with Crippen LogP contribution in [0.2, 0.25) is 0 Å². The van der Waals surface area contributed by atoms with Gasteiger partial charge in [0, 0.05) is 12.6 Å². The zero-order valence-corrected chi connectivity index (χ0v) is 14.6. The number of carbonyl (C=O) groups is 2. The lowest BCUT2D eigenvalue weighted by Crippen LogP contribution is -2.43. The van der Waals surface area contributed by atoms with E-state index in [-0.39, 0.29) is 10.7 Å². The molecule has 0 bridgehead atoms. The van der Waals surface area contributed by atoms with Gasteiger partial charge in [0.15, 0.2) is 5.58 Å². The monoisotopic (exact) mass is 336 g/mol. The molecule has 1 atom stereocenters. The van der Waals surface area contributed by atoms with Crippen molar-refractivity contribution in [3.05, 3.63) is 28.6 Å². The van der Waals surface area contributed by atoms with Crippen LogP contribution in [0, 0.1) is 4.84 Å². The minimum Gasteiger partial charge on any atom is -0.458 e. The summed E-state index contributed by atoms with van der Waals surface area (Å²) >= 11 is 4.92. The molecule has 0 aliphatic rings. The van der Waals surface area contributed by atoms with Crippen LogP contribution in [0.5, 0.6) is 0 Å². The molecule has 1 heterocycles. The second-order valence-corrected chi connectivity index (χ2v) is 6.72. The lowest BCUT2D eigenvalue weighted by Gasteiger charge is -2.27. The van der Waals surface area contributed by atoms with E-state index in [1.54, 1.807) is 52.9 Å². The average Bonchev–Trinajstić information content (AvgIpc) is 2.82. The lowest BCUT2D eigenvalue weighted by atomic mass is 10.1. The molecule has 2 aromatic rings. The third kappa shape index (κ3) is 3.98. The minimum absolute atomic E-state index is 0.250. The van der Waals surface area contributed by atoms with Crippen LogP contribution in [0.1, 0.15) is 38.1 Å². The van der Waals surface area contributed by atoms with E-state index in [1.807, 2.05) is 0 Å². The topological polar surface area (TPSA) is 75.5 Å². The molecule has 0 fully saturated rings. The molecular formula is C16H20N2O4S. The molecule has 124 valence electrons. The number of likely N-dealkylation sites (N-methyl/N-ethyl adjacent to an activating group) is 1. The first-order valence-corrected chi connectivity index (χ1v) is 7.62. The summed E-state index contributed by atoms with van der Waals surface area (Å²) in [5, 5.41) is 0. The highest BCUT2D eigenvalue weighted by molar-refractivity contribution is 7.71. The first-order valence-electron chi connectivity index (χ1n) is 7.21. The van der Waals surface area contributed by atoms with Crippen molar-refractivity contribution >= 4 is 35.2 Å². The number of nitrogens with one attached hydrogen (secondary N) is 1. The average molecular weight is 336 g/mol. The number of rotatable bonds is 3. The Kier molecular flexibility index (Phi) is 4.61. The molecule has 1 N–H and O–H groups in total. The van der Waals surface area contributed by atoms with Gasteiger partial charge in [0.05, 0.1) is 5.52 Å². The van der Waals surface area contributed by atoms with Gasteiger partial charge in [-0.05, 0) is 58.1 Å². The van der Waals surface area contributed by atoms with Crippen LogP contribution in [-0.2, 0) is 9.53 Å². The molecule has 1 amide bonds. The second kappa shape index (κ2) is 6.16. The molecule has 0 saturated carbocycles. The molecule has 0 saturated heterocycles. The summed E-state index contributed by atoms with van der Waals surface area (Å²) in [7, 11) is 1.56. The van der Waals surface area contributed by atoms with Crippen molar-refractivity contribution in [2.75, 3.05) is 7.05 Å². The van der Waals surface area contributed by atoms with Gasteiger partial charge in [-0.25, -0.2) is 4.79 Å². The number of carbonyl (C=O) groups excluding carboxylic acids is 2. The number of fused-ring (bicyclic) bond motifs is 1.